The Morgan fingerprint density at radius 2 is 0.819 bits per heavy atom. The molecule has 6 aromatic carbocycles. The van der Waals surface area contributed by atoms with E-state index in [1.807, 2.05) is 36.4 Å². The zero-order valence-corrected chi connectivity index (χ0v) is 38.2. The standard InChI is InChI=1S/2C26H23F6NO3/c2*1-35-18-7-2-5-16(13-18)20-9-4-10-23-21(20)11-12-22(33(23)15-24(34)25(27,28)29)17-6-3-8-19(14-17)36-26(30,31)32/h2*2-10,13-14,22,24,34H,11-12,15H2,1H3/t2*22-,24-/m00/s1. The number of hydrogen-bond acceptors (Lipinski definition) is 8. The molecule has 4 atom stereocenters. The molecule has 0 amide bonds. The summed E-state index contributed by atoms with van der Waals surface area (Å²) in [7, 11) is 3.06. The van der Waals surface area contributed by atoms with E-state index in [9.17, 15) is 62.9 Å². The van der Waals surface area contributed by atoms with Gasteiger partial charge >= 0.3 is 25.1 Å². The molecule has 8 nitrogen and oxygen atoms in total. The van der Waals surface area contributed by atoms with Gasteiger partial charge in [0.15, 0.2) is 12.2 Å². The van der Waals surface area contributed by atoms with Gasteiger partial charge in [0.25, 0.3) is 0 Å². The number of aliphatic hydroxyl groups is 2. The van der Waals surface area contributed by atoms with E-state index < -0.39 is 74.0 Å². The summed E-state index contributed by atoms with van der Waals surface area (Å²) < 4.78 is 175. The van der Waals surface area contributed by atoms with E-state index in [4.69, 9.17) is 9.47 Å². The maximum Gasteiger partial charge on any atom is 0.573 e. The van der Waals surface area contributed by atoms with E-state index in [1.54, 1.807) is 48.5 Å². The van der Waals surface area contributed by atoms with Crippen LogP contribution in [0.25, 0.3) is 22.3 Å². The Morgan fingerprint density at radius 1 is 0.472 bits per heavy atom. The zero-order chi connectivity index (χ0) is 52.2. The molecule has 0 spiro atoms. The summed E-state index contributed by atoms with van der Waals surface area (Å²) in [6.07, 6.45) is -23.3. The molecule has 2 aliphatic rings. The molecule has 6 aromatic rings. The van der Waals surface area contributed by atoms with Crippen LogP contribution in [0.1, 0.15) is 47.2 Å². The van der Waals surface area contributed by atoms with Gasteiger partial charge < -0.3 is 39.0 Å². The Balaban J connectivity index is 0.000000211. The molecule has 0 bridgehead atoms. The molecule has 384 valence electrons. The first-order valence-electron chi connectivity index (χ1n) is 22.2. The summed E-state index contributed by atoms with van der Waals surface area (Å²) in [5.74, 6) is 0.300. The number of alkyl halides is 12. The topological polar surface area (TPSA) is 83.9 Å². The molecule has 0 aromatic heterocycles. The third-order valence-corrected chi connectivity index (χ3v) is 12.2. The third kappa shape index (κ3) is 13.0. The third-order valence-electron chi connectivity index (χ3n) is 12.2. The van der Waals surface area contributed by atoms with Crippen LogP contribution in [0.3, 0.4) is 0 Å². The monoisotopic (exact) mass is 1020 g/mol. The van der Waals surface area contributed by atoms with Crippen LogP contribution in [-0.2, 0) is 12.8 Å². The molecule has 0 saturated carbocycles. The smallest absolute Gasteiger partial charge is 0.497 e. The Labute approximate surface area is 405 Å². The van der Waals surface area contributed by atoms with E-state index in [0.717, 1.165) is 45.5 Å². The number of rotatable bonds is 12. The van der Waals surface area contributed by atoms with Crippen LogP contribution in [0.15, 0.2) is 133 Å². The molecule has 8 rings (SSSR count). The number of ether oxygens (including phenoxy) is 4. The Bertz CT molecular complexity index is 2610. The molecule has 72 heavy (non-hydrogen) atoms. The van der Waals surface area contributed by atoms with Crippen LogP contribution in [0, 0.1) is 0 Å². The second-order valence-corrected chi connectivity index (χ2v) is 16.8. The first kappa shape index (κ1) is 53.0. The normalized spacial score (nSPS) is 16.9. The number of hydrogen-bond donors (Lipinski definition) is 2. The van der Waals surface area contributed by atoms with Gasteiger partial charge in [0.2, 0.25) is 0 Å². The SMILES string of the molecule is COc1cccc(-c2cccc3c2CC[C@@H](c2cccc(OC(F)(F)F)c2)N3C[C@H](O)C(F)(F)F)c1.COc1cccc(-c2cccc3c2CC[C@@H](c2cccc(OC(F)(F)F)c2)N3C[C@H](O)C(F)(F)F)c1. The van der Waals surface area contributed by atoms with E-state index in [2.05, 4.69) is 9.47 Å². The predicted molar refractivity (Wildman–Crippen MR) is 244 cm³/mol. The summed E-state index contributed by atoms with van der Waals surface area (Å²) in [6, 6.07) is 33.9. The summed E-state index contributed by atoms with van der Waals surface area (Å²) in [6.45, 7) is -1.57. The second kappa shape index (κ2) is 21.5. The highest BCUT2D eigenvalue weighted by molar-refractivity contribution is 5.78. The van der Waals surface area contributed by atoms with Crippen LogP contribution in [0.5, 0.6) is 23.0 Å². The lowest BCUT2D eigenvalue weighted by Crippen LogP contribution is -2.44. The summed E-state index contributed by atoms with van der Waals surface area (Å²) in [5, 5.41) is 19.9. The number of nitrogens with zero attached hydrogens (tertiary/aromatic N) is 2. The van der Waals surface area contributed by atoms with Crippen molar-refractivity contribution < 1.29 is 81.8 Å². The van der Waals surface area contributed by atoms with E-state index >= 15 is 0 Å². The van der Waals surface area contributed by atoms with Gasteiger partial charge in [-0.25, -0.2) is 0 Å². The Morgan fingerprint density at radius 3 is 1.17 bits per heavy atom. The average molecular weight is 1020 g/mol. The van der Waals surface area contributed by atoms with Crippen molar-refractivity contribution in [3.8, 4) is 45.3 Å². The number of fused-ring (bicyclic) bond motifs is 2. The maximum atomic E-state index is 13.4. The molecule has 20 heteroatoms. The van der Waals surface area contributed by atoms with Crippen LogP contribution < -0.4 is 28.7 Å². The molecule has 2 N–H and O–H groups in total. The van der Waals surface area contributed by atoms with Gasteiger partial charge in [-0.05, 0) is 131 Å². The number of halogens is 12. The number of aliphatic hydroxyl groups excluding tert-OH is 2. The molecule has 0 radical (unpaired) electrons. The minimum Gasteiger partial charge on any atom is -0.497 e. The van der Waals surface area contributed by atoms with Crippen molar-refractivity contribution in [2.45, 2.75) is 75.1 Å². The highest BCUT2D eigenvalue weighted by Crippen LogP contribution is 2.46. The van der Waals surface area contributed by atoms with Crippen molar-refractivity contribution in [1.29, 1.82) is 0 Å². The van der Waals surface area contributed by atoms with Crippen molar-refractivity contribution in [1.82, 2.24) is 0 Å². The van der Waals surface area contributed by atoms with Gasteiger partial charge in [0.1, 0.15) is 23.0 Å². The lowest BCUT2D eigenvalue weighted by atomic mass is 9.86. The van der Waals surface area contributed by atoms with Gasteiger partial charge in [-0.3, -0.25) is 0 Å². The fourth-order valence-electron chi connectivity index (χ4n) is 9.11. The lowest BCUT2D eigenvalue weighted by Gasteiger charge is -2.41. The molecule has 0 saturated heterocycles. The van der Waals surface area contributed by atoms with Crippen LogP contribution in [0.2, 0.25) is 0 Å². The second-order valence-electron chi connectivity index (χ2n) is 16.8. The number of benzene rings is 6. The highest BCUT2D eigenvalue weighted by atomic mass is 19.4. The quantitative estimate of drug-likeness (QED) is 0.117. The van der Waals surface area contributed by atoms with E-state index in [-0.39, 0.29) is 0 Å². The van der Waals surface area contributed by atoms with Gasteiger partial charge in [-0.2, -0.15) is 26.3 Å². The fourth-order valence-corrected chi connectivity index (χ4v) is 9.11. The number of anilines is 2. The minimum absolute atomic E-state index is 0.314. The van der Waals surface area contributed by atoms with Gasteiger partial charge in [-0.1, -0.05) is 72.8 Å². The molecule has 2 heterocycles. The van der Waals surface area contributed by atoms with E-state index in [0.29, 0.717) is 59.7 Å². The first-order chi connectivity index (χ1) is 33.9. The minimum atomic E-state index is -4.91. The lowest BCUT2D eigenvalue weighted by molar-refractivity contribution is -0.275. The van der Waals surface area contributed by atoms with Gasteiger partial charge in [0, 0.05) is 11.4 Å². The van der Waals surface area contributed by atoms with Crippen molar-refractivity contribution in [3.05, 3.63) is 156 Å². The number of methoxy groups -OCH3 is 2. The Hall–Kier alpha value is -6.80. The van der Waals surface area contributed by atoms with Gasteiger partial charge in [-0.15, -0.1) is 26.3 Å². The van der Waals surface area contributed by atoms with Crippen LogP contribution in [0.4, 0.5) is 64.1 Å². The largest absolute Gasteiger partial charge is 0.573 e. The van der Waals surface area contributed by atoms with Crippen molar-refractivity contribution in [3.63, 3.8) is 0 Å². The summed E-state index contributed by atoms with van der Waals surface area (Å²) in [4.78, 5) is 2.82. The Kier molecular flexibility index (Phi) is 15.8. The first-order valence-corrected chi connectivity index (χ1v) is 22.2. The molecule has 0 aliphatic carbocycles. The maximum absolute atomic E-state index is 13.4. The van der Waals surface area contributed by atoms with Crippen LogP contribution in [-0.4, -0.2) is 74.8 Å². The summed E-state index contributed by atoms with van der Waals surface area (Å²) >= 11 is 0. The molecule has 0 unspecified atom stereocenters. The molecule has 2 aliphatic heterocycles. The van der Waals surface area contributed by atoms with E-state index in [1.165, 1.54) is 60.4 Å². The van der Waals surface area contributed by atoms with Crippen molar-refractivity contribution in [2.24, 2.45) is 0 Å². The van der Waals surface area contributed by atoms with Gasteiger partial charge in [0.05, 0.1) is 39.4 Å². The average Bonchev–Trinajstić information content (AvgIpc) is 3.32. The molecular formula is C52H46F12N2O6. The number of β-amino-alcohol motifs (C(OH)–C–C–N with tert-alkyl or cyclic N) is 2. The van der Waals surface area contributed by atoms with Crippen molar-refractivity contribution in [2.75, 3.05) is 37.1 Å². The van der Waals surface area contributed by atoms with Crippen LogP contribution >= 0.6 is 0 Å². The molecule has 0 fully saturated rings. The summed E-state index contributed by atoms with van der Waals surface area (Å²) in [5.41, 5.74) is 6.40. The highest BCUT2D eigenvalue weighted by Gasteiger charge is 2.44. The fraction of sp³-hybridized carbons (Fsp3) is 0.308. The molecular weight excluding hydrogens is 977 g/mol. The zero-order valence-electron chi connectivity index (χ0n) is 38.2. The van der Waals surface area contributed by atoms with Crippen molar-refractivity contribution >= 4 is 11.4 Å². The predicted octanol–water partition coefficient (Wildman–Crippen LogP) is 13.4.